The maximum Gasteiger partial charge on any atom is 0.226 e. The molecule has 6 heteroatoms. The van der Waals surface area contributed by atoms with Crippen molar-refractivity contribution in [3.63, 3.8) is 0 Å². The molecule has 1 aliphatic carbocycles. The molecule has 2 heterocycles. The van der Waals surface area contributed by atoms with Gasteiger partial charge in [0, 0.05) is 6.20 Å². The summed E-state index contributed by atoms with van der Waals surface area (Å²) in [6.07, 6.45) is 6.70. The summed E-state index contributed by atoms with van der Waals surface area (Å²) in [4.78, 5) is 20.9. The number of aromatic nitrogens is 2. The molecule has 0 aromatic carbocycles. The average Bonchev–Trinajstić information content (AvgIpc) is 3.03. The number of rotatable bonds is 3. The number of aryl methyl sites for hydroxylation is 1. The molecule has 1 unspecified atom stereocenters. The van der Waals surface area contributed by atoms with Crippen LogP contribution in [0.15, 0.2) is 12.4 Å². The average molecular weight is 311 g/mol. The molecule has 21 heavy (non-hydrogen) atoms. The summed E-state index contributed by atoms with van der Waals surface area (Å²) < 4.78 is 0. The fraction of sp³-hybridized carbons (Fsp3) is 0.667. The Morgan fingerprint density at radius 1 is 1.33 bits per heavy atom. The molecule has 1 amide bonds. The standard InChI is InChI=1S/C15H22N4O.ClH/c1-11-7-18-12(8-17-11)9-19-13(20)14(2)10-15(14)3-5-16-6-4-15;/h7-8,16H,3-6,9-10H2,1-2H3,(H,19,20);1H. The van der Waals surface area contributed by atoms with Gasteiger partial charge in [0.2, 0.25) is 5.91 Å². The minimum atomic E-state index is -0.187. The molecule has 1 aliphatic heterocycles. The molecule has 1 spiro atoms. The second-order valence-corrected chi connectivity index (χ2v) is 6.37. The summed E-state index contributed by atoms with van der Waals surface area (Å²) in [5, 5.41) is 6.40. The van der Waals surface area contributed by atoms with Crippen molar-refractivity contribution in [2.24, 2.45) is 10.8 Å². The molecule has 1 atom stereocenters. The molecule has 1 aromatic rings. The largest absolute Gasteiger partial charge is 0.350 e. The Morgan fingerprint density at radius 3 is 2.67 bits per heavy atom. The minimum absolute atomic E-state index is 0. The summed E-state index contributed by atoms with van der Waals surface area (Å²) in [5.74, 6) is 0.168. The van der Waals surface area contributed by atoms with E-state index in [2.05, 4.69) is 27.5 Å². The zero-order chi connectivity index (χ0) is 14.2. The lowest BCUT2D eigenvalue weighted by molar-refractivity contribution is -0.127. The molecule has 2 aliphatic rings. The summed E-state index contributed by atoms with van der Waals surface area (Å²) >= 11 is 0. The molecule has 1 saturated carbocycles. The first-order valence-corrected chi connectivity index (χ1v) is 7.32. The number of nitrogens with zero attached hydrogens (tertiary/aromatic N) is 2. The van der Waals surface area contributed by atoms with Gasteiger partial charge < -0.3 is 10.6 Å². The zero-order valence-electron chi connectivity index (χ0n) is 12.6. The highest BCUT2D eigenvalue weighted by molar-refractivity contribution is 5.86. The van der Waals surface area contributed by atoms with E-state index in [4.69, 9.17) is 0 Å². The second kappa shape index (κ2) is 5.89. The van der Waals surface area contributed by atoms with Crippen LogP contribution >= 0.6 is 12.4 Å². The van der Waals surface area contributed by atoms with Gasteiger partial charge in [0.05, 0.1) is 29.5 Å². The third kappa shape index (κ3) is 2.90. The normalized spacial score (nSPS) is 26.0. The monoisotopic (exact) mass is 310 g/mol. The van der Waals surface area contributed by atoms with Crippen LogP contribution in [0.3, 0.4) is 0 Å². The molecule has 0 bridgehead atoms. The van der Waals surface area contributed by atoms with Crippen molar-refractivity contribution in [3.8, 4) is 0 Å². The minimum Gasteiger partial charge on any atom is -0.350 e. The van der Waals surface area contributed by atoms with E-state index < -0.39 is 0 Å². The Labute approximate surface area is 131 Å². The first kappa shape index (κ1) is 16.2. The van der Waals surface area contributed by atoms with Gasteiger partial charge in [-0.2, -0.15) is 0 Å². The van der Waals surface area contributed by atoms with Gasteiger partial charge in [-0.05, 0) is 44.7 Å². The van der Waals surface area contributed by atoms with Gasteiger partial charge in [-0.1, -0.05) is 6.92 Å². The van der Waals surface area contributed by atoms with Gasteiger partial charge in [-0.3, -0.25) is 14.8 Å². The van der Waals surface area contributed by atoms with Crippen molar-refractivity contribution in [3.05, 3.63) is 23.8 Å². The second-order valence-electron chi connectivity index (χ2n) is 6.37. The van der Waals surface area contributed by atoms with Crippen LogP contribution in [0.5, 0.6) is 0 Å². The number of halogens is 1. The number of hydrogen-bond donors (Lipinski definition) is 2. The number of carbonyl (C=O) groups excluding carboxylic acids is 1. The Balaban J connectivity index is 0.00000161. The van der Waals surface area contributed by atoms with Crippen molar-refractivity contribution >= 4 is 18.3 Å². The molecule has 2 N–H and O–H groups in total. The van der Waals surface area contributed by atoms with E-state index in [-0.39, 0.29) is 29.1 Å². The van der Waals surface area contributed by atoms with Gasteiger partial charge in [0.15, 0.2) is 0 Å². The maximum absolute atomic E-state index is 12.5. The first-order chi connectivity index (χ1) is 9.56. The number of nitrogens with one attached hydrogen (secondary N) is 2. The number of piperidine rings is 1. The molecule has 5 nitrogen and oxygen atoms in total. The molecule has 0 radical (unpaired) electrons. The zero-order valence-corrected chi connectivity index (χ0v) is 13.4. The fourth-order valence-corrected chi connectivity index (χ4v) is 3.46. The third-order valence-corrected chi connectivity index (χ3v) is 5.06. The van der Waals surface area contributed by atoms with Crippen molar-refractivity contribution < 1.29 is 4.79 Å². The Kier molecular flexibility index (Phi) is 4.54. The lowest BCUT2D eigenvalue weighted by atomic mass is 9.85. The van der Waals surface area contributed by atoms with Crippen molar-refractivity contribution in [2.75, 3.05) is 13.1 Å². The van der Waals surface area contributed by atoms with Crippen molar-refractivity contribution in [1.29, 1.82) is 0 Å². The van der Waals surface area contributed by atoms with Crippen LogP contribution < -0.4 is 10.6 Å². The highest BCUT2D eigenvalue weighted by atomic mass is 35.5. The van der Waals surface area contributed by atoms with Gasteiger partial charge >= 0.3 is 0 Å². The maximum atomic E-state index is 12.5. The smallest absolute Gasteiger partial charge is 0.226 e. The lowest BCUT2D eigenvalue weighted by Gasteiger charge is -2.27. The van der Waals surface area contributed by atoms with Gasteiger partial charge in [-0.15, -0.1) is 12.4 Å². The summed E-state index contributed by atoms with van der Waals surface area (Å²) in [6.45, 7) is 6.55. The van der Waals surface area contributed by atoms with Crippen LogP contribution in [-0.2, 0) is 11.3 Å². The van der Waals surface area contributed by atoms with E-state index in [0.29, 0.717) is 6.54 Å². The highest BCUT2D eigenvalue weighted by Crippen LogP contribution is 2.68. The van der Waals surface area contributed by atoms with Crippen LogP contribution in [-0.4, -0.2) is 29.0 Å². The van der Waals surface area contributed by atoms with Crippen LogP contribution in [0.4, 0.5) is 0 Å². The van der Waals surface area contributed by atoms with Gasteiger partial charge in [0.25, 0.3) is 0 Å². The van der Waals surface area contributed by atoms with E-state index in [0.717, 1.165) is 43.7 Å². The quantitative estimate of drug-likeness (QED) is 0.890. The lowest BCUT2D eigenvalue weighted by Crippen LogP contribution is -2.38. The van der Waals surface area contributed by atoms with Crippen LogP contribution in [0, 0.1) is 17.8 Å². The number of carbonyl (C=O) groups is 1. The van der Waals surface area contributed by atoms with Crippen molar-refractivity contribution in [1.82, 2.24) is 20.6 Å². The fourth-order valence-electron chi connectivity index (χ4n) is 3.46. The predicted molar refractivity (Wildman–Crippen MR) is 83.1 cm³/mol. The molecule has 1 saturated heterocycles. The molecule has 2 fully saturated rings. The predicted octanol–water partition coefficient (Wildman–Crippen LogP) is 1.60. The summed E-state index contributed by atoms with van der Waals surface area (Å²) in [6, 6.07) is 0. The van der Waals surface area contributed by atoms with E-state index >= 15 is 0 Å². The van der Waals surface area contributed by atoms with Gasteiger partial charge in [-0.25, -0.2) is 0 Å². The highest BCUT2D eigenvalue weighted by Gasteiger charge is 2.67. The summed E-state index contributed by atoms with van der Waals surface area (Å²) in [5.41, 5.74) is 1.75. The van der Waals surface area contributed by atoms with Crippen LogP contribution in [0.25, 0.3) is 0 Å². The molecular formula is C15H23ClN4O. The Morgan fingerprint density at radius 2 is 2.05 bits per heavy atom. The Bertz CT molecular complexity index is 513. The molecule has 1 aromatic heterocycles. The van der Waals surface area contributed by atoms with E-state index in [9.17, 15) is 4.79 Å². The Hall–Kier alpha value is -1.20. The molecule has 116 valence electrons. The van der Waals surface area contributed by atoms with E-state index in [1.807, 2.05) is 6.92 Å². The van der Waals surface area contributed by atoms with E-state index in [1.54, 1.807) is 12.4 Å². The first-order valence-electron chi connectivity index (χ1n) is 7.32. The van der Waals surface area contributed by atoms with Crippen molar-refractivity contribution in [2.45, 2.75) is 39.7 Å². The van der Waals surface area contributed by atoms with Crippen LogP contribution in [0.1, 0.15) is 37.6 Å². The third-order valence-electron chi connectivity index (χ3n) is 5.06. The number of hydrogen-bond acceptors (Lipinski definition) is 4. The van der Waals surface area contributed by atoms with Crippen LogP contribution in [0.2, 0.25) is 0 Å². The molecule has 3 rings (SSSR count). The molecular weight excluding hydrogens is 288 g/mol. The van der Waals surface area contributed by atoms with Gasteiger partial charge in [0.1, 0.15) is 0 Å². The SMILES string of the molecule is Cc1cnc(CNC(=O)C2(C)CC23CCNCC3)cn1.Cl. The number of amides is 1. The topological polar surface area (TPSA) is 66.9 Å². The summed E-state index contributed by atoms with van der Waals surface area (Å²) in [7, 11) is 0. The van der Waals surface area contributed by atoms with E-state index in [1.165, 1.54) is 0 Å².